The van der Waals surface area contributed by atoms with E-state index in [9.17, 15) is 4.79 Å². The summed E-state index contributed by atoms with van der Waals surface area (Å²) < 4.78 is 0. The number of likely N-dealkylation sites (tertiary alicyclic amines) is 1. The van der Waals surface area contributed by atoms with Gasteiger partial charge >= 0.3 is 0 Å². The van der Waals surface area contributed by atoms with Crippen LogP contribution in [0, 0.1) is 13.8 Å². The number of nitrogens with zero attached hydrogens (tertiary/aromatic N) is 2. The van der Waals surface area contributed by atoms with Crippen LogP contribution in [-0.4, -0.2) is 28.9 Å². The molecular formula is C19H22ClN3O. The molecule has 4 nitrogen and oxygen atoms in total. The highest BCUT2D eigenvalue weighted by Gasteiger charge is 2.19. The van der Waals surface area contributed by atoms with Gasteiger partial charge in [-0.3, -0.25) is 4.79 Å². The van der Waals surface area contributed by atoms with Gasteiger partial charge in [-0.1, -0.05) is 17.7 Å². The van der Waals surface area contributed by atoms with Crippen LogP contribution < -0.4 is 5.32 Å². The van der Waals surface area contributed by atoms with Crippen molar-refractivity contribution >= 4 is 29.0 Å². The maximum absolute atomic E-state index is 12.5. The molecule has 1 fully saturated rings. The van der Waals surface area contributed by atoms with Crippen molar-refractivity contribution in [3.05, 3.63) is 52.2 Å². The zero-order valence-electron chi connectivity index (χ0n) is 14.1. The van der Waals surface area contributed by atoms with E-state index in [1.807, 2.05) is 30.9 Å². The van der Waals surface area contributed by atoms with E-state index >= 15 is 0 Å². The van der Waals surface area contributed by atoms with Crippen LogP contribution in [-0.2, 0) is 0 Å². The lowest BCUT2D eigenvalue weighted by Crippen LogP contribution is -2.35. The molecule has 1 amide bonds. The fraction of sp³-hybridized carbons (Fsp3) is 0.368. The minimum absolute atomic E-state index is 0.0158. The summed E-state index contributed by atoms with van der Waals surface area (Å²) in [5, 5.41) is 3.69. The molecule has 0 bridgehead atoms. The molecule has 1 aromatic carbocycles. The van der Waals surface area contributed by atoms with Gasteiger partial charge in [0.15, 0.2) is 0 Å². The van der Waals surface area contributed by atoms with E-state index in [0.29, 0.717) is 16.4 Å². The standard InChI is InChI=1S/C19H22ClN3O/c1-13-8-14(2)10-16(9-13)22-18-17(20)11-15(12-21-18)19(24)23-6-4-3-5-7-23/h8-12H,3-7H2,1-2H3,(H,21,22). The number of amides is 1. The van der Waals surface area contributed by atoms with Crippen LogP contribution in [0.3, 0.4) is 0 Å². The van der Waals surface area contributed by atoms with Crippen molar-refractivity contribution < 1.29 is 4.79 Å². The number of hydrogen-bond donors (Lipinski definition) is 1. The summed E-state index contributed by atoms with van der Waals surface area (Å²) in [4.78, 5) is 18.8. The lowest BCUT2D eigenvalue weighted by Gasteiger charge is -2.26. The number of rotatable bonds is 3. The summed E-state index contributed by atoms with van der Waals surface area (Å²) in [7, 11) is 0. The Labute approximate surface area is 147 Å². The van der Waals surface area contributed by atoms with Crippen molar-refractivity contribution in [3.63, 3.8) is 0 Å². The van der Waals surface area contributed by atoms with Crippen LogP contribution in [0.4, 0.5) is 11.5 Å². The highest BCUT2D eigenvalue weighted by molar-refractivity contribution is 6.33. The third-order valence-electron chi connectivity index (χ3n) is 4.22. The van der Waals surface area contributed by atoms with Crippen molar-refractivity contribution in [2.75, 3.05) is 18.4 Å². The van der Waals surface area contributed by atoms with Crippen molar-refractivity contribution in [2.24, 2.45) is 0 Å². The summed E-state index contributed by atoms with van der Waals surface area (Å²) in [6.07, 6.45) is 4.94. The first-order chi connectivity index (χ1) is 11.5. The number of aromatic nitrogens is 1. The van der Waals surface area contributed by atoms with Crippen LogP contribution in [0.25, 0.3) is 0 Å². The third kappa shape index (κ3) is 3.88. The van der Waals surface area contributed by atoms with Gasteiger partial charge in [0, 0.05) is 25.0 Å². The molecule has 1 aliphatic heterocycles. The Morgan fingerprint density at radius 2 is 1.75 bits per heavy atom. The zero-order chi connectivity index (χ0) is 17.1. The fourth-order valence-corrected chi connectivity index (χ4v) is 3.32. The molecule has 1 N–H and O–H groups in total. The number of aryl methyl sites for hydroxylation is 2. The highest BCUT2D eigenvalue weighted by atomic mass is 35.5. The molecule has 0 radical (unpaired) electrons. The van der Waals surface area contributed by atoms with Gasteiger partial charge in [0.2, 0.25) is 0 Å². The van der Waals surface area contributed by atoms with Gasteiger partial charge in [0.1, 0.15) is 5.82 Å². The van der Waals surface area contributed by atoms with E-state index in [0.717, 1.165) is 31.6 Å². The number of carbonyl (C=O) groups excluding carboxylic acids is 1. The van der Waals surface area contributed by atoms with Crippen LogP contribution in [0.15, 0.2) is 30.5 Å². The SMILES string of the molecule is Cc1cc(C)cc(Nc2ncc(C(=O)N3CCCCC3)cc2Cl)c1. The molecule has 2 aromatic rings. The normalized spacial score (nSPS) is 14.5. The molecule has 0 unspecified atom stereocenters. The van der Waals surface area contributed by atoms with Gasteiger partial charge in [-0.05, 0) is 62.4 Å². The van der Waals surface area contributed by atoms with Gasteiger partial charge in [-0.2, -0.15) is 0 Å². The lowest BCUT2D eigenvalue weighted by molar-refractivity contribution is 0.0724. The monoisotopic (exact) mass is 343 g/mol. The van der Waals surface area contributed by atoms with Crippen molar-refractivity contribution in [2.45, 2.75) is 33.1 Å². The number of carbonyl (C=O) groups is 1. The molecule has 5 heteroatoms. The predicted octanol–water partition coefficient (Wildman–Crippen LogP) is 4.72. The Kier molecular flexibility index (Phi) is 5.05. The fourth-order valence-electron chi connectivity index (χ4n) is 3.11. The second-order valence-corrected chi connectivity index (χ2v) is 6.82. The van der Waals surface area contributed by atoms with E-state index < -0.39 is 0 Å². The Morgan fingerprint density at radius 3 is 2.38 bits per heavy atom. The molecule has 126 valence electrons. The Balaban J connectivity index is 1.78. The van der Waals surface area contributed by atoms with Crippen LogP contribution in [0.2, 0.25) is 5.02 Å². The zero-order valence-corrected chi connectivity index (χ0v) is 14.9. The summed E-state index contributed by atoms with van der Waals surface area (Å²) >= 11 is 6.35. The first kappa shape index (κ1) is 16.8. The van der Waals surface area contributed by atoms with Gasteiger partial charge in [-0.15, -0.1) is 0 Å². The summed E-state index contributed by atoms with van der Waals surface area (Å²) in [5.41, 5.74) is 3.83. The van der Waals surface area contributed by atoms with Gasteiger partial charge in [0.25, 0.3) is 5.91 Å². The Bertz CT molecular complexity index is 734. The number of anilines is 2. The second kappa shape index (κ2) is 7.22. The second-order valence-electron chi connectivity index (χ2n) is 6.41. The number of pyridine rings is 1. The first-order valence-electron chi connectivity index (χ1n) is 8.33. The molecule has 3 rings (SSSR count). The van der Waals surface area contributed by atoms with E-state index in [-0.39, 0.29) is 5.91 Å². The first-order valence-corrected chi connectivity index (χ1v) is 8.71. The van der Waals surface area contributed by atoms with Crippen molar-refractivity contribution in [3.8, 4) is 0 Å². The third-order valence-corrected chi connectivity index (χ3v) is 4.50. The summed E-state index contributed by atoms with van der Waals surface area (Å²) in [6.45, 7) is 5.74. The molecule has 2 heterocycles. The average Bonchev–Trinajstić information content (AvgIpc) is 2.56. The molecule has 1 saturated heterocycles. The van der Waals surface area contributed by atoms with Crippen molar-refractivity contribution in [1.82, 2.24) is 9.88 Å². The smallest absolute Gasteiger partial charge is 0.255 e. The molecule has 0 atom stereocenters. The molecule has 0 saturated carbocycles. The van der Waals surface area contributed by atoms with E-state index in [2.05, 4.69) is 16.4 Å². The van der Waals surface area contributed by atoms with E-state index in [1.165, 1.54) is 17.5 Å². The number of piperidine rings is 1. The van der Waals surface area contributed by atoms with E-state index in [1.54, 1.807) is 12.3 Å². The summed E-state index contributed by atoms with van der Waals surface area (Å²) in [5.74, 6) is 0.582. The highest BCUT2D eigenvalue weighted by Crippen LogP contribution is 2.26. The Morgan fingerprint density at radius 1 is 1.08 bits per heavy atom. The topological polar surface area (TPSA) is 45.2 Å². The molecule has 0 aliphatic carbocycles. The number of hydrogen-bond acceptors (Lipinski definition) is 3. The number of benzene rings is 1. The van der Waals surface area contributed by atoms with Crippen LogP contribution in [0.5, 0.6) is 0 Å². The van der Waals surface area contributed by atoms with E-state index in [4.69, 9.17) is 11.6 Å². The van der Waals surface area contributed by atoms with Gasteiger partial charge < -0.3 is 10.2 Å². The summed E-state index contributed by atoms with van der Waals surface area (Å²) in [6, 6.07) is 7.90. The minimum atomic E-state index is 0.0158. The van der Waals surface area contributed by atoms with Crippen LogP contribution >= 0.6 is 11.6 Å². The largest absolute Gasteiger partial charge is 0.339 e. The quantitative estimate of drug-likeness (QED) is 0.876. The molecule has 1 aliphatic rings. The molecule has 0 spiro atoms. The predicted molar refractivity (Wildman–Crippen MR) is 98.2 cm³/mol. The van der Waals surface area contributed by atoms with Crippen molar-refractivity contribution in [1.29, 1.82) is 0 Å². The molecule has 24 heavy (non-hydrogen) atoms. The lowest BCUT2D eigenvalue weighted by atomic mass is 10.1. The van der Waals surface area contributed by atoms with Crippen LogP contribution in [0.1, 0.15) is 40.7 Å². The average molecular weight is 344 g/mol. The minimum Gasteiger partial charge on any atom is -0.339 e. The number of nitrogens with one attached hydrogen (secondary N) is 1. The maximum Gasteiger partial charge on any atom is 0.255 e. The molecule has 1 aromatic heterocycles. The molecular weight excluding hydrogens is 322 g/mol. The van der Waals surface area contributed by atoms with Gasteiger partial charge in [-0.25, -0.2) is 4.98 Å². The number of halogens is 1. The van der Waals surface area contributed by atoms with Gasteiger partial charge in [0.05, 0.1) is 10.6 Å². The Hall–Kier alpha value is -2.07. The maximum atomic E-state index is 12.5.